The Bertz CT molecular complexity index is 670. The van der Waals surface area contributed by atoms with Crippen molar-refractivity contribution in [1.29, 1.82) is 0 Å². The van der Waals surface area contributed by atoms with Gasteiger partial charge in [0.1, 0.15) is 6.61 Å². The molecule has 6 heteroatoms. The first-order valence-electron chi connectivity index (χ1n) is 7.09. The quantitative estimate of drug-likeness (QED) is 0.922. The number of amides is 2. The van der Waals surface area contributed by atoms with E-state index in [1.807, 2.05) is 11.4 Å². The molecule has 1 aliphatic heterocycles. The van der Waals surface area contributed by atoms with E-state index in [0.717, 1.165) is 6.42 Å². The number of hydrogen-bond acceptors (Lipinski definition) is 4. The maximum atomic E-state index is 12.2. The molecule has 1 aromatic heterocycles. The molecule has 0 unspecified atom stereocenters. The molecule has 2 heterocycles. The molecule has 0 spiro atoms. The number of nitrogens with zero attached hydrogens (tertiary/aromatic N) is 1. The van der Waals surface area contributed by atoms with Crippen LogP contribution in [0.3, 0.4) is 0 Å². The molecule has 5 nitrogen and oxygen atoms in total. The molecule has 0 bridgehead atoms. The first kappa shape index (κ1) is 14.6. The Morgan fingerprint density at radius 1 is 1.32 bits per heavy atom. The van der Waals surface area contributed by atoms with Gasteiger partial charge in [0.15, 0.2) is 0 Å². The summed E-state index contributed by atoms with van der Waals surface area (Å²) in [5, 5.41) is 4.92. The second-order valence-electron chi connectivity index (χ2n) is 4.90. The average molecular weight is 316 g/mol. The summed E-state index contributed by atoms with van der Waals surface area (Å²) in [7, 11) is 0. The van der Waals surface area contributed by atoms with Crippen LogP contribution in [0.5, 0.6) is 0 Å². The fourth-order valence-electron chi connectivity index (χ4n) is 2.30. The third-order valence-electron chi connectivity index (χ3n) is 3.42. The summed E-state index contributed by atoms with van der Waals surface area (Å²) in [6.07, 6.45) is 0.455. The molecule has 0 aliphatic carbocycles. The van der Waals surface area contributed by atoms with E-state index >= 15 is 0 Å². The van der Waals surface area contributed by atoms with Gasteiger partial charge in [0.05, 0.1) is 6.54 Å². The van der Waals surface area contributed by atoms with Crippen molar-refractivity contribution in [3.05, 3.63) is 52.2 Å². The Labute approximate surface area is 132 Å². The summed E-state index contributed by atoms with van der Waals surface area (Å²) in [6.45, 7) is 1.49. The van der Waals surface area contributed by atoms with Crippen molar-refractivity contribution >= 4 is 29.0 Å². The third-order valence-corrected chi connectivity index (χ3v) is 4.35. The van der Waals surface area contributed by atoms with E-state index in [2.05, 4.69) is 11.4 Å². The van der Waals surface area contributed by atoms with E-state index in [4.69, 9.17) is 4.74 Å². The predicted octanol–water partition coefficient (Wildman–Crippen LogP) is 2.68. The zero-order valence-corrected chi connectivity index (χ0v) is 12.8. The number of rotatable bonds is 5. The molecule has 2 aromatic rings. The van der Waals surface area contributed by atoms with Gasteiger partial charge in [0.2, 0.25) is 0 Å². The van der Waals surface area contributed by atoms with Gasteiger partial charge in [-0.3, -0.25) is 9.69 Å². The number of benzene rings is 1. The minimum absolute atomic E-state index is 0.133. The Hall–Kier alpha value is -2.34. The van der Waals surface area contributed by atoms with E-state index in [-0.39, 0.29) is 12.0 Å². The average Bonchev–Trinajstić information content (AvgIpc) is 3.19. The van der Waals surface area contributed by atoms with Crippen LogP contribution in [0, 0.1) is 0 Å². The molecule has 1 aliphatic rings. The lowest BCUT2D eigenvalue weighted by Gasteiger charge is -2.13. The topological polar surface area (TPSA) is 58.6 Å². The number of carbonyl (C=O) groups is 2. The second kappa shape index (κ2) is 6.62. The molecule has 1 fully saturated rings. The van der Waals surface area contributed by atoms with Gasteiger partial charge in [-0.25, -0.2) is 4.79 Å². The van der Waals surface area contributed by atoms with Gasteiger partial charge in [0, 0.05) is 22.7 Å². The highest BCUT2D eigenvalue weighted by Crippen LogP contribution is 2.20. The van der Waals surface area contributed by atoms with Gasteiger partial charge in [-0.2, -0.15) is 0 Å². The number of carbonyl (C=O) groups excluding carboxylic acids is 2. The van der Waals surface area contributed by atoms with Crippen molar-refractivity contribution in [2.45, 2.75) is 6.42 Å². The molecule has 0 atom stereocenters. The molecule has 114 valence electrons. The lowest BCUT2D eigenvalue weighted by atomic mass is 10.1. The molecule has 1 aromatic carbocycles. The Morgan fingerprint density at radius 2 is 2.23 bits per heavy atom. The Balaban J connectivity index is 1.61. The van der Waals surface area contributed by atoms with Crippen LogP contribution in [-0.2, 0) is 11.2 Å². The molecule has 0 radical (unpaired) electrons. The normalized spacial score (nSPS) is 14.0. The van der Waals surface area contributed by atoms with E-state index < -0.39 is 0 Å². The zero-order chi connectivity index (χ0) is 15.4. The van der Waals surface area contributed by atoms with Crippen LogP contribution >= 0.6 is 11.3 Å². The first-order valence-corrected chi connectivity index (χ1v) is 7.97. The molecule has 3 rings (SSSR count). The SMILES string of the molecule is O=C(NCCc1cccs1)c1cccc(N2CCOC2=O)c1. The van der Waals surface area contributed by atoms with Gasteiger partial charge in [-0.15, -0.1) is 11.3 Å². The monoisotopic (exact) mass is 316 g/mol. The van der Waals surface area contributed by atoms with Crippen LogP contribution in [0.1, 0.15) is 15.2 Å². The number of anilines is 1. The third kappa shape index (κ3) is 3.28. The standard InChI is InChI=1S/C16H16N2O3S/c19-15(17-7-6-14-5-2-10-22-14)12-3-1-4-13(11-12)18-8-9-21-16(18)20/h1-5,10-11H,6-9H2,(H,17,19). The minimum Gasteiger partial charge on any atom is -0.447 e. The highest BCUT2D eigenvalue weighted by molar-refractivity contribution is 7.09. The predicted molar refractivity (Wildman–Crippen MR) is 85.5 cm³/mol. The smallest absolute Gasteiger partial charge is 0.414 e. The number of hydrogen-bond donors (Lipinski definition) is 1. The highest BCUT2D eigenvalue weighted by Gasteiger charge is 2.23. The van der Waals surface area contributed by atoms with Crippen LogP contribution in [0.25, 0.3) is 0 Å². The van der Waals surface area contributed by atoms with Crippen LogP contribution in [0.4, 0.5) is 10.5 Å². The van der Waals surface area contributed by atoms with E-state index in [1.54, 1.807) is 35.6 Å². The summed E-state index contributed by atoms with van der Waals surface area (Å²) in [5.74, 6) is -0.133. The maximum absolute atomic E-state index is 12.2. The fourth-order valence-corrected chi connectivity index (χ4v) is 3.01. The maximum Gasteiger partial charge on any atom is 0.414 e. The van der Waals surface area contributed by atoms with Crippen LogP contribution in [0.15, 0.2) is 41.8 Å². The number of cyclic esters (lactones) is 1. The van der Waals surface area contributed by atoms with Crippen LogP contribution < -0.4 is 10.2 Å². The molecule has 2 amide bonds. The molecule has 1 saturated heterocycles. The van der Waals surface area contributed by atoms with Crippen molar-refractivity contribution in [2.75, 3.05) is 24.6 Å². The van der Waals surface area contributed by atoms with E-state index in [0.29, 0.717) is 30.9 Å². The fraction of sp³-hybridized carbons (Fsp3) is 0.250. The van der Waals surface area contributed by atoms with Gasteiger partial charge in [0.25, 0.3) is 5.91 Å². The highest BCUT2D eigenvalue weighted by atomic mass is 32.1. The molecular weight excluding hydrogens is 300 g/mol. The number of nitrogens with one attached hydrogen (secondary N) is 1. The molecule has 22 heavy (non-hydrogen) atoms. The summed E-state index contributed by atoms with van der Waals surface area (Å²) in [6, 6.07) is 11.1. The van der Waals surface area contributed by atoms with Crippen LogP contribution in [0.2, 0.25) is 0 Å². The summed E-state index contributed by atoms with van der Waals surface area (Å²) >= 11 is 1.68. The lowest BCUT2D eigenvalue weighted by molar-refractivity contribution is 0.0954. The lowest BCUT2D eigenvalue weighted by Crippen LogP contribution is -2.27. The van der Waals surface area contributed by atoms with Gasteiger partial charge < -0.3 is 10.1 Å². The number of thiophene rings is 1. The summed E-state index contributed by atoms with van der Waals surface area (Å²) < 4.78 is 4.91. The molecule has 1 N–H and O–H groups in total. The van der Waals surface area contributed by atoms with Gasteiger partial charge >= 0.3 is 6.09 Å². The minimum atomic E-state index is -0.366. The zero-order valence-electron chi connectivity index (χ0n) is 12.0. The van der Waals surface area contributed by atoms with E-state index in [1.165, 1.54) is 9.78 Å². The van der Waals surface area contributed by atoms with Gasteiger partial charge in [-0.1, -0.05) is 12.1 Å². The first-order chi connectivity index (χ1) is 10.7. The number of ether oxygens (including phenoxy) is 1. The van der Waals surface area contributed by atoms with Gasteiger partial charge in [-0.05, 0) is 36.1 Å². The van der Waals surface area contributed by atoms with Crippen molar-refractivity contribution in [3.8, 4) is 0 Å². The Kier molecular flexibility index (Phi) is 4.39. The molecule has 0 saturated carbocycles. The second-order valence-corrected chi connectivity index (χ2v) is 5.93. The van der Waals surface area contributed by atoms with Crippen LogP contribution in [-0.4, -0.2) is 31.7 Å². The van der Waals surface area contributed by atoms with Crippen molar-refractivity contribution in [1.82, 2.24) is 5.32 Å². The van der Waals surface area contributed by atoms with E-state index in [9.17, 15) is 9.59 Å². The summed E-state index contributed by atoms with van der Waals surface area (Å²) in [5.41, 5.74) is 1.23. The molecular formula is C16H16N2O3S. The largest absolute Gasteiger partial charge is 0.447 e. The van der Waals surface area contributed by atoms with Crippen molar-refractivity contribution in [2.24, 2.45) is 0 Å². The summed E-state index contributed by atoms with van der Waals surface area (Å²) in [4.78, 5) is 26.5. The van der Waals surface area contributed by atoms with Crippen molar-refractivity contribution < 1.29 is 14.3 Å². The van der Waals surface area contributed by atoms with Crippen molar-refractivity contribution in [3.63, 3.8) is 0 Å². The Morgan fingerprint density at radius 3 is 2.95 bits per heavy atom.